The second-order valence-corrected chi connectivity index (χ2v) is 14.7. The Morgan fingerprint density at radius 2 is 1.59 bits per heavy atom. The van der Waals surface area contributed by atoms with E-state index in [1.807, 2.05) is 54.5 Å². The van der Waals surface area contributed by atoms with Gasteiger partial charge in [0.05, 0.1) is 11.0 Å². The highest BCUT2D eigenvalue weighted by molar-refractivity contribution is 6.33. The molecule has 0 aromatic carbocycles. The van der Waals surface area contributed by atoms with Crippen LogP contribution >= 0.6 is 0 Å². The fourth-order valence-electron chi connectivity index (χ4n) is 7.40. The lowest BCUT2D eigenvalue weighted by Crippen LogP contribution is -2.70. The van der Waals surface area contributed by atoms with E-state index in [0.717, 1.165) is 11.1 Å². The van der Waals surface area contributed by atoms with Gasteiger partial charge >= 0.3 is 0 Å². The van der Waals surface area contributed by atoms with Crippen LogP contribution < -0.4 is 0 Å². The van der Waals surface area contributed by atoms with E-state index in [1.54, 1.807) is 27.7 Å². The maximum atomic E-state index is 15.2. The fraction of sp³-hybridized carbons (Fsp3) is 0.714. The van der Waals surface area contributed by atoms with Gasteiger partial charge in [-0.2, -0.15) is 0 Å². The van der Waals surface area contributed by atoms with Crippen molar-refractivity contribution < 1.29 is 29.0 Å². The molecule has 0 radical (unpaired) electrons. The van der Waals surface area contributed by atoms with Crippen LogP contribution in [0.1, 0.15) is 115 Å². The van der Waals surface area contributed by atoms with Crippen LogP contribution in [0.2, 0.25) is 0 Å². The largest absolute Gasteiger partial charge is 0.490 e. The van der Waals surface area contributed by atoms with Crippen molar-refractivity contribution >= 4 is 23.1 Å². The van der Waals surface area contributed by atoms with Gasteiger partial charge in [-0.05, 0) is 78.6 Å². The lowest BCUT2D eigenvalue weighted by molar-refractivity contribution is -0.179. The molecule has 41 heavy (non-hydrogen) atoms. The van der Waals surface area contributed by atoms with E-state index in [2.05, 4.69) is 6.08 Å². The monoisotopic (exact) mass is 568 g/mol. The molecule has 1 saturated carbocycles. The zero-order valence-electron chi connectivity index (χ0n) is 27.2. The summed E-state index contributed by atoms with van der Waals surface area (Å²) in [6.07, 6.45) is 5.28. The summed E-state index contributed by atoms with van der Waals surface area (Å²) in [5.41, 5.74) is -2.95. The highest BCUT2D eigenvalue weighted by Gasteiger charge is 2.78. The number of aliphatic hydroxyl groups is 1. The molecule has 0 aromatic heterocycles. The molecule has 1 aliphatic heterocycles. The molecule has 3 rings (SSSR count). The Balaban J connectivity index is 2.44. The van der Waals surface area contributed by atoms with E-state index in [0.29, 0.717) is 24.2 Å². The lowest BCUT2D eigenvalue weighted by Gasteiger charge is -2.60. The summed E-state index contributed by atoms with van der Waals surface area (Å²) in [5.74, 6) is -1.80. The summed E-state index contributed by atoms with van der Waals surface area (Å²) in [6.45, 7) is 20.4. The smallest absolute Gasteiger partial charge is 0.184 e. The number of allylic oxidation sites excluding steroid dienone is 6. The van der Waals surface area contributed by atoms with E-state index in [1.165, 1.54) is 0 Å². The predicted molar refractivity (Wildman–Crippen MR) is 161 cm³/mol. The Labute approximate surface area is 247 Å². The first-order valence-electron chi connectivity index (χ1n) is 15.3. The van der Waals surface area contributed by atoms with Crippen LogP contribution in [0.25, 0.3) is 0 Å². The van der Waals surface area contributed by atoms with Crippen LogP contribution in [0.4, 0.5) is 0 Å². The van der Waals surface area contributed by atoms with Crippen molar-refractivity contribution in [2.24, 2.45) is 34.0 Å². The van der Waals surface area contributed by atoms with Gasteiger partial charge in [0.2, 0.25) is 0 Å². The number of fused-ring (bicyclic) bond motifs is 1. The zero-order valence-corrected chi connectivity index (χ0v) is 27.2. The summed E-state index contributed by atoms with van der Waals surface area (Å²) < 4.78 is 6.43. The molecule has 0 aromatic rings. The number of hydrogen-bond acceptors (Lipinski definition) is 6. The summed E-state index contributed by atoms with van der Waals surface area (Å²) in [5, 5.41) is 11.0. The molecule has 1 N–H and O–H groups in total. The SMILES string of the molecule is CC(C)=CCC1=C2O[C@H](C(C)(C)O)C[C@@]23C[C@H](CC=C(C)C)[C@@](C)(CCC(=O)C(C)C)[C@@](C(=O)C(C)C)(C1=O)C3=O. The van der Waals surface area contributed by atoms with Gasteiger partial charge in [-0.3, -0.25) is 19.2 Å². The van der Waals surface area contributed by atoms with Crippen molar-refractivity contribution in [1.82, 2.24) is 0 Å². The van der Waals surface area contributed by atoms with Gasteiger partial charge < -0.3 is 9.84 Å². The number of carbonyl (C=O) groups is 4. The standard InChI is InChI=1S/C35H52O6/c1-20(2)12-14-24-18-34-19-27(32(9,10)40)41-30(34)25(15-13-21(3)4)29(38)35(31(34)39,28(37)23(7)8)33(24,11)17-16-26(36)22(5)6/h12-13,22-24,27,40H,14-19H2,1-11H3/t24-,27-,33+,34-,35-/m0/s1. The van der Waals surface area contributed by atoms with E-state index >= 15 is 9.59 Å². The number of ether oxygens (including phenoxy) is 1. The molecular formula is C35H52O6. The first-order valence-corrected chi connectivity index (χ1v) is 15.3. The van der Waals surface area contributed by atoms with Crippen molar-refractivity contribution in [1.29, 1.82) is 0 Å². The number of Topliss-reactive ketones (excluding diaryl/α,β-unsaturated/α-hetero) is 4. The third kappa shape index (κ3) is 5.34. The minimum Gasteiger partial charge on any atom is -0.490 e. The van der Waals surface area contributed by atoms with Gasteiger partial charge in [-0.1, -0.05) is 57.9 Å². The Bertz CT molecular complexity index is 1200. The molecule has 5 atom stereocenters. The first-order chi connectivity index (χ1) is 18.8. The number of ketones is 4. The normalized spacial score (nSPS) is 31.3. The van der Waals surface area contributed by atoms with Crippen molar-refractivity contribution in [2.45, 2.75) is 126 Å². The summed E-state index contributed by atoms with van der Waals surface area (Å²) in [4.78, 5) is 57.8. The van der Waals surface area contributed by atoms with Crippen LogP contribution in [0, 0.1) is 34.0 Å². The molecule has 1 saturated heterocycles. The van der Waals surface area contributed by atoms with Crippen LogP contribution in [0.3, 0.4) is 0 Å². The first kappa shape index (κ1) is 33.2. The molecule has 228 valence electrons. The Morgan fingerprint density at radius 3 is 2.07 bits per heavy atom. The second-order valence-electron chi connectivity index (χ2n) is 14.7. The molecule has 2 bridgehead atoms. The van der Waals surface area contributed by atoms with Crippen molar-refractivity contribution in [3.63, 3.8) is 0 Å². The Hall–Kier alpha value is -2.34. The van der Waals surface area contributed by atoms with Crippen molar-refractivity contribution in [2.75, 3.05) is 0 Å². The zero-order chi connectivity index (χ0) is 31.3. The van der Waals surface area contributed by atoms with Crippen LogP contribution in [0.15, 0.2) is 34.6 Å². The summed E-state index contributed by atoms with van der Waals surface area (Å²) in [7, 11) is 0. The third-order valence-electron chi connectivity index (χ3n) is 9.99. The minimum atomic E-state index is -1.93. The molecule has 6 heteroatoms. The van der Waals surface area contributed by atoms with Crippen molar-refractivity contribution in [3.05, 3.63) is 34.6 Å². The van der Waals surface area contributed by atoms with Gasteiger partial charge in [0.1, 0.15) is 17.6 Å². The highest BCUT2D eigenvalue weighted by Crippen LogP contribution is 2.70. The van der Waals surface area contributed by atoms with Crippen LogP contribution in [-0.4, -0.2) is 39.9 Å². The molecular weight excluding hydrogens is 516 g/mol. The van der Waals surface area contributed by atoms with Gasteiger partial charge in [-0.15, -0.1) is 0 Å². The maximum Gasteiger partial charge on any atom is 0.184 e. The minimum absolute atomic E-state index is 0.0580. The maximum absolute atomic E-state index is 15.2. The summed E-state index contributed by atoms with van der Waals surface area (Å²) in [6, 6.07) is 0. The van der Waals surface area contributed by atoms with Crippen LogP contribution in [-0.2, 0) is 23.9 Å². The van der Waals surface area contributed by atoms with E-state index < -0.39 is 39.7 Å². The number of rotatable bonds is 11. The average molecular weight is 569 g/mol. The lowest BCUT2D eigenvalue weighted by atomic mass is 9.38. The molecule has 2 fully saturated rings. The molecule has 0 unspecified atom stereocenters. The second kappa shape index (κ2) is 11.4. The van der Waals surface area contributed by atoms with Gasteiger partial charge in [0.15, 0.2) is 22.8 Å². The topological polar surface area (TPSA) is 97.7 Å². The molecule has 0 amide bonds. The Morgan fingerprint density at radius 1 is 1.00 bits per heavy atom. The molecule has 2 aliphatic carbocycles. The summed E-state index contributed by atoms with van der Waals surface area (Å²) >= 11 is 0. The van der Waals surface area contributed by atoms with E-state index in [9.17, 15) is 14.7 Å². The van der Waals surface area contributed by atoms with E-state index in [-0.39, 0.29) is 54.9 Å². The fourth-order valence-corrected chi connectivity index (χ4v) is 7.40. The van der Waals surface area contributed by atoms with Gasteiger partial charge in [0, 0.05) is 30.3 Å². The van der Waals surface area contributed by atoms with Gasteiger partial charge in [0.25, 0.3) is 0 Å². The van der Waals surface area contributed by atoms with Crippen LogP contribution in [0.5, 0.6) is 0 Å². The molecule has 1 heterocycles. The molecule has 6 nitrogen and oxygen atoms in total. The van der Waals surface area contributed by atoms with Gasteiger partial charge in [-0.25, -0.2) is 0 Å². The average Bonchev–Trinajstić information content (AvgIpc) is 3.24. The Kier molecular flexibility index (Phi) is 9.21. The highest BCUT2D eigenvalue weighted by atomic mass is 16.5. The number of carbonyl (C=O) groups excluding carboxylic acids is 4. The van der Waals surface area contributed by atoms with E-state index in [4.69, 9.17) is 4.74 Å². The number of hydrogen-bond donors (Lipinski definition) is 1. The van der Waals surface area contributed by atoms with Crippen molar-refractivity contribution in [3.8, 4) is 0 Å². The molecule has 1 spiro atoms. The third-order valence-corrected chi connectivity index (χ3v) is 9.99. The quantitative estimate of drug-likeness (QED) is 0.215. The molecule has 3 aliphatic rings. The predicted octanol–water partition coefficient (Wildman–Crippen LogP) is 6.89.